The third-order valence-electron chi connectivity index (χ3n) is 3.74. The van der Waals surface area contributed by atoms with Crippen LogP contribution in [0.3, 0.4) is 0 Å². The minimum absolute atomic E-state index is 0.0470. The van der Waals surface area contributed by atoms with Crippen LogP contribution >= 0.6 is 11.3 Å². The Morgan fingerprint density at radius 3 is 3.14 bits per heavy atom. The number of likely N-dealkylation sites (tertiary alicyclic amines) is 1. The zero-order valence-electron chi connectivity index (χ0n) is 12.0. The van der Waals surface area contributed by atoms with Gasteiger partial charge in [-0.2, -0.15) is 0 Å². The largest absolute Gasteiger partial charge is 0.323 e. The molecule has 6 heteroatoms. The minimum Gasteiger partial charge on any atom is -0.322 e. The maximum absolute atomic E-state index is 12.3. The SMILES string of the molecule is CC1CCCCN1C(=O)Nc1nc(-c2cccnc2)cs1. The van der Waals surface area contributed by atoms with Crippen molar-refractivity contribution in [1.29, 1.82) is 0 Å². The van der Waals surface area contributed by atoms with E-state index in [1.54, 1.807) is 12.4 Å². The van der Waals surface area contributed by atoms with Gasteiger partial charge < -0.3 is 4.90 Å². The van der Waals surface area contributed by atoms with E-state index in [-0.39, 0.29) is 6.03 Å². The lowest BCUT2D eigenvalue weighted by Gasteiger charge is -2.32. The van der Waals surface area contributed by atoms with Crippen molar-refractivity contribution in [3.63, 3.8) is 0 Å². The monoisotopic (exact) mass is 302 g/mol. The molecule has 0 bridgehead atoms. The number of aromatic nitrogens is 2. The smallest absolute Gasteiger partial charge is 0.322 e. The van der Waals surface area contributed by atoms with Crippen molar-refractivity contribution in [2.45, 2.75) is 32.2 Å². The number of nitrogens with zero attached hydrogens (tertiary/aromatic N) is 3. The number of anilines is 1. The van der Waals surface area contributed by atoms with Crippen LogP contribution in [0.25, 0.3) is 11.3 Å². The number of pyridine rings is 1. The van der Waals surface area contributed by atoms with Crippen molar-refractivity contribution in [3.8, 4) is 11.3 Å². The fraction of sp³-hybridized carbons (Fsp3) is 0.400. The quantitative estimate of drug-likeness (QED) is 0.922. The van der Waals surface area contributed by atoms with Gasteiger partial charge in [0.05, 0.1) is 5.69 Å². The molecule has 1 unspecified atom stereocenters. The van der Waals surface area contributed by atoms with Crippen LogP contribution in [0.4, 0.5) is 9.93 Å². The molecule has 110 valence electrons. The Balaban J connectivity index is 1.68. The van der Waals surface area contributed by atoms with Gasteiger partial charge in [-0.15, -0.1) is 11.3 Å². The molecule has 2 aromatic heterocycles. The molecule has 2 amide bonds. The molecule has 1 atom stereocenters. The Kier molecular flexibility index (Phi) is 4.15. The molecule has 3 heterocycles. The molecular formula is C15H18N4OS. The number of carbonyl (C=O) groups excluding carboxylic acids is 1. The van der Waals surface area contributed by atoms with Crippen molar-refractivity contribution < 1.29 is 4.79 Å². The Morgan fingerprint density at radius 2 is 2.38 bits per heavy atom. The van der Waals surface area contributed by atoms with Crippen molar-refractivity contribution in [2.75, 3.05) is 11.9 Å². The normalized spacial score (nSPS) is 18.5. The van der Waals surface area contributed by atoms with E-state index < -0.39 is 0 Å². The van der Waals surface area contributed by atoms with Crippen LogP contribution in [0, 0.1) is 0 Å². The van der Waals surface area contributed by atoms with Crippen LogP contribution < -0.4 is 5.32 Å². The van der Waals surface area contributed by atoms with Gasteiger partial charge in [-0.05, 0) is 38.3 Å². The van der Waals surface area contributed by atoms with Crippen molar-refractivity contribution >= 4 is 22.5 Å². The molecule has 5 nitrogen and oxygen atoms in total. The van der Waals surface area contributed by atoms with Gasteiger partial charge in [0.2, 0.25) is 0 Å². The molecule has 1 saturated heterocycles. The first-order chi connectivity index (χ1) is 10.2. The van der Waals surface area contributed by atoms with E-state index in [2.05, 4.69) is 22.2 Å². The summed E-state index contributed by atoms with van der Waals surface area (Å²) in [6.07, 6.45) is 6.86. The Hall–Kier alpha value is -1.95. The van der Waals surface area contributed by atoms with Crippen LogP contribution in [-0.4, -0.2) is 33.5 Å². The van der Waals surface area contributed by atoms with Crippen molar-refractivity contribution in [2.24, 2.45) is 0 Å². The summed E-state index contributed by atoms with van der Waals surface area (Å²) in [5.41, 5.74) is 1.80. The predicted molar refractivity (Wildman–Crippen MR) is 84.4 cm³/mol. The minimum atomic E-state index is -0.0470. The van der Waals surface area contributed by atoms with Gasteiger partial charge in [0, 0.05) is 35.9 Å². The summed E-state index contributed by atoms with van der Waals surface area (Å²) in [5.74, 6) is 0. The van der Waals surface area contributed by atoms with Gasteiger partial charge >= 0.3 is 6.03 Å². The second-order valence-corrected chi connectivity index (χ2v) is 6.11. The first kappa shape index (κ1) is 14.0. The molecule has 1 fully saturated rings. The van der Waals surface area contributed by atoms with Gasteiger partial charge in [0.15, 0.2) is 5.13 Å². The summed E-state index contributed by atoms with van der Waals surface area (Å²) < 4.78 is 0. The van der Waals surface area contributed by atoms with E-state index in [1.807, 2.05) is 22.4 Å². The van der Waals surface area contributed by atoms with Gasteiger partial charge in [-0.25, -0.2) is 9.78 Å². The fourth-order valence-electron chi connectivity index (χ4n) is 2.54. The number of piperidine rings is 1. The highest BCUT2D eigenvalue weighted by Crippen LogP contribution is 2.25. The lowest BCUT2D eigenvalue weighted by molar-refractivity contribution is 0.170. The Bertz CT molecular complexity index is 613. The summed E-state index contributed by atoms with van der Waals surface area (Å²) >= 11 is 1.44. The maximum Gasteiger partial charge on any atom is 0.323 e. The summed E-state index contributed by atoms with van der Waals surface area (Å²) in [5, 5.41) is 5.48. The Morgan fingerprint density at radius 1 is 1.48 bits per heavy atom. The zero-order chi connectivity index (χ0) is 14.7. The standard InChI is InChI=1S/C15H18N4OS/c1-11-5-2-3-8-19(11)15(20)18-14-17-13(10-21-14)12-6-4-7-16-9-12/h4,6-7,9-11H,2-3,5,8H2,1H3,(H,17,18,20). The first-order valence-corrected chi connectivity index (χ1v) is 8.05. The van der Waals surface area contributed by atoms with Crippen LogP contribution in [-0.2, 0) is 0 Å². The molecule has 0 radical (unpaired) electrons. The average molecular weight is 302 g/mol. The Labute approximate surface area is 128 Å². The summed E-state index contributed by atoms with van der Waals surface area (Å²) in [6.45, 7) is 2.93. The molecule has 1 aliphatic heterocycles. The lowest BCUT2D eigenvalue weighted by Crippen LogP contribution is -2.44. The average Bonchev–Trinajstić information content (AvgIpc) is 2.97. The van der Waals surface area contributed by atoms with Gasteiger partial charge in [-0.3, -0.25) is 10.3 Å². The van der Waals surface area contributed by atoms with E-state index in [9.17, 15) is 4.79 Å². The topological polar surface area (TPSA) is 58.1 Å². The van der Waals surface area contributed by atoms with Gasteiger partial charge in [0.1, 0.15) is 0 Å². The molecule has 1 N–H and O–H groups in total. The molecule has 2 aromatic rings. The van der Waals surface area contributed by atoms with Gasteiger partial charge in [-0.1, -0.05) is 0 Å². The number of hydrogen-bond acceptors (Lipinski definition) is 4. The van der Waals surface area contributed by atoms with E-state index in [0.29, 0.717) is 11.2 Å². The number of rotatable bonds is 2. The number of carbonyl (C=O) groups is 1. The van der Waals surface area contributed by atoms with Crippen LogP contribution in [0.15, 0.2) is 29.9 Å². The second-order valence-electron chi connectivity index (χ2n) is 5.25. The highest BCUT2D eigenvalue weighted by atomic mass is 32.1. The second kappa shape index (κ2) is 6.22. The molecule has 0 spiro atoms. The van der Waals surface area contributed by atoms with Crippen molar-refractivity contribution in [3.05, 3.63) is 29.9 Å². The molecule has 3 rings (SSSR count). The molecular weight excluding hydrogens is 284 g/mol. The highest BCUT2D eigenvalue weighted by Gasteiger charge is 2.23. The van der Waals surface area contributed by atoms with Crippen molar-refractivity contribution in [1.82, 2.24) is 14.9 Å². The third kappa shape index (κ3) is 3.21. The van der Waals surface area contributed by atoms with E-state index >= 15 is 0 Å². The van der Waals surface area contributed by atoms with E-state index in [4.69, 9.17) is 0 Å². The third-order valence-corrected chi connectivity index (χ3v) is 4.50. The maximum atomic E-state index is 12.3. The molecule has 0 aromatic carbocycles. The fourth-order valence-corrected chi connectivity index (χ4v) is 3.25. The number of thiazole rings is 1. The first-order valence-electron chi connectivity index (χ1n) is 7.17. The predicted octanol–water partition coefficient (Wildman–Crippen LogP) is 3.61. The van der Waals surface area contributed by atoms with Gasteiger partial charge in [0.25, 0.3) is 0 Å². The van der Waals surface area contributed by atoms with Crippen LogP contribution in [0.1, 0.15) is 26.2 Å². The summed E-state index contributed by atoms with van der Waals surface area (Å²) in [7, 11) is 0. The molecule has 0 aliphatic carbocycles. The van der Waals surface area contributed by atoms with Crippen LogP contribution in [0.2, 0.25) is 0 Å². The highest BCUT2D eigenvalue weighted by molar-refractivity contribution is 7.14. The number of amides is 2. The molecule has 21 heavy (non-hydrogen) atoms. The summed E-state index contributed by atoms with van der Waals surface area (Å²) in [4.78, 5) is 22.7. The lowest BCUT2D eigenvalue weighted by atomic mass is 10.0. The number of nitrogens with one attached hydrogen (secondary N) is 1. The molecule has 1 aliphatic rings. The summed E-state index contributed by atoms with van der Waals surface area (Å²) in [6, 6.07) is 4.09. The van der Waals surface area contributed by atoms with Crippen LogP contribution in [0.5, 0.6) is 0 Å². The van der Waals surface area contributed by atoms with E-state index in [1.165, 1.54) is 17.8 Å². The number of hydrogen-bond donors (Lipinski definition) is 1. The van der Waals surface area contributed by atoms with E-state index in [0.717, 1.165) is 30.6 Å². The zero-order valence-corrected chi connectivity index (χ0v) is 12.8. The molecule has 0 saturated carbocycles. The number of urea groups is 1.